The molecule has 0 heterocycles. The van der Waals surface area contributed by atoms with Crippen LogP contribution in [-0.4, -0.2) is 46.0 Å². The summed E-state index contributed by atoms with van der Waals surface area (Å²) in [5, 5.41) is 17.9. The van der Waals surface area contributed by atoms with Crippen LogP contribution in [0.1, 0.15) is 12.5 Å². The van der Waals surface area contributed by atoms with E-state index in [1.165, 1.54) is 22.5 Å². The predicted octanol–water partition coefficient (Wildman–Crippen LogP) is 4.98. The van der Waals surface area contributed by atoms with Crippen LogP contribution in [0, 0.1) is 6.92 Å². The number of anilines is 1. The molecule has 0 radical (unpaired) electrons. The molecule has 0 aliphatic carbocycles. The summed E-state index contributed by atoms with van der Waals surface area (Å²) in [7, 11) is -14.0. The monoisotopic (exact) mass is 605 g/mol. The molecule has 15 heteroatoms. The average Bonchev–Trinajstić information content (AvgIpc) is 2.88. The molecule has 210 valence electrons. The maximum absolute atomic E-state index is 13.6. The lowest BCUT2D eigenvalue weighted by molar-refractivity contribution is 0.477. The Balaban J connectivity index is 1.87. The summed E-state index contributed by atoms with van der Waals surface area (Å²) in [6.07, 6.45) is 0. The van der Waals surface area contributed by atoms with E-state index in [0.29, 0.717) is 17.3 Å². The third-order valence-corrected chi connectivity index (χ3v) is 9.67. The summed E-state index contributed by atoms with van der Waals surface area (Å²) in [6, 6.07) is 16.4. The summed E-state index contributed by atoms with van der Waals surface area (Å²) < 4.78 is 95.1. The quantitative estimate of drug-likeness (QED) is 0.184. The van der Waals surface area contributed by atoms with Gasteiger partial charge in [-0.15, -0.1) is 5.11 Å². The lowest BCUT2D eigenvalue weighted by atomic mass is 10.1. The molecule has 0 aromatic heterocycles. The maximum atomic E-state index is 13.6. The molecule has 0 fully saturated rings. The largest absolute Gasteiger partial charge is 0.506 e. The van der Waals surface area contributed by atoms with Gasteiger partial charge in [-0.3, -0.25) is 13.4 Å². The second-order valence-corrected chi connectivity index (χ2v) is 13.2. The highest BCUT2D eigenvalue weighted by atomic mass is 32.2. The normalized spacial score (nSPS) is 12.7. The molecule has 12 nitrogen and oxygen atoms in total. The number of aryl methyl sites for hydroxylation is 1. The highest BCUT2D eigenvalue weighted by Crippen LogP contribution is 2.41. The van der Waals surface area contributed by atoms with E-state index in [4.69, 9.17) is 0 Å². The van der Waals surface area contributed by atoms with E-state index >= 15 is 0 Å². The highest BCUT2D eigenvalue weighted by Gasteiger charge is 2.26. The molecule has 4 aromatic carbocycles. The minimum Gasteiger partial charge on any atom is -0.506 e. The predicted molar refractivity (Wildman–Crippen MR) is 147 cm³/mol. The van der Waals surface area contributed by atoms with Crippen molar-refractivity contribution in [1.29, 1.82) is 0 Å². The van der Waals surface area contributed by atoms with Crippen molar-refractivity contribution in [2.24, 2.45) is 10.2 Å². The first-order valence-corrected chi connectivity index (χ1v) is 15.8. The number of rotatable bonds is 8. The van der Waals surface area contributed by atoms with Crippen molar-refractivity contribution in [2.45, 2.75) is 28.5 Å². The van der Waals surface area contributed by atoms with Crippen LogP contribution in [0.5, 0.6) is 5.75 Å². The third-order valence-electron chi connectivity index (χ3n) is 5.92. The van der Waals surface area contributed by atoms with Gasteiger partial charge in [0, 0.05) is 11.9 Å². The Bertz CT molecular complexity index is 1980. The van der Waals surface area contributed by atoms with Crippen LogP contribution < -0.4 is 4.31 Å². The highest BCUT2D eigenvalue weighted by molar-refractivity contribution is 7.93. The number of benzene rings is 4. The van der Waals surface area contributed by atoms with Crippen molar-refractivity contribution in [3.8, 4) is 5.75 Å². The number of nitrogens with zero attached hydrogens (tertiary/aromatic N) is 3. The summed E-state index contributed by atoms with van der Waals surface area (Å²) in [6.45, 7) is 3.44. The third kappa shape index (κ3) is 5.68. The zero-order valence-corrected chi connectivity index (χ0v) is 23.4. The molecule has 0 spiro atoms. The molecule has 0 aliphatic rings. The van der Waals surface area contributed by atoms with Gasteiger partial charge in [0.15, 0.2) is 0 Å². The fourth-order valence-corrected chi connectivity index (χ4v) is 7.15. The minimum atomic E-state index is -5.08. The van der Waals surface area contributed by atoms with Crippen molar-refractivity contribution in [1.82, 2.24) is 0 Å². The van der Waals surface area contributed by atoms with Crippen LogP contribution in [-0.2, 0) is 30.3 Å². The molecular formula is C25H23N3O9S3. The Hall–Kier alpha value is -3.89. The Kier molecular flexibility index (Phi) is 7.70. The number of para-hydroxylation sites is 1. The van der Waals surface area contributed by atoms with Gasteiger partial charge in [-0.25, -0.2) is 8.42 Å². The summed E-state index contributed by atoms with van der Waals surface area (Å²) in [5.41, 5.74) is 0.468. The van der Waals surface area contributed by atoms with Crippen molar-refractivity contribution >= 4 is 58.1 Å². The smallest absolute Gasteiger partial charge is 0.295 e. The van der Waals surface area contributed by atoms with Gasteiger partial charge in [0.1, 0.15) is 16.3 Å². The standard InChI is InChI=1S/C25H23N3O9S3/c1-3-28(19-7-5-4-6-8-19)38(30,31)22-14-18(11-9-16(22)2)26-27-25-21(29)12-10-17-13-20(39(32,33)34)15-23(24(17)25)40(35,36)37/h4-15,29H,3H2,1-2H3,(H,32,33,34)(H,35,36,37). The lowest BCUT2D eigenvalue weighted by Crippen LogP contribution is -2.31. The topological polar surface area (TPSA) is 191 Å². The van der Waals surface area contributed by atoms with Crippen LogP contribution in [0.3, 0.4) is 0 Å². The molecule has 3 N–H and O–H groups in total. The number of sulfonamides is 1. The summed E-state index contributed by atoms with van der Waals surface area (Å²) in [4.78, 5) is -1.82. The summed E-state index contributed by atoms with van der Waals surface area (Å²) >= 11 is 0. The molecule has 0 saturated heterocycles. The second kappa shape index (κ2) is 10.6. The number of hydrogen-bond acceptors (Lipinski definition) is 9. The first-order chi connectivity index (χ1) is 18.6. The van der Waals surface area contributed by atoms with E-state index in [-0.39, 0.29) is 27.9 Å². The fourth-order valence-electron chi connectivity index (χ4n) is 4.07. The number of phenolic OH excluding ortho intramolecular Hbond substituents is 1. The van der Waals surface area contributed by atoms with E-state index in [1.54, 1.807) is 44.2 Å². The van der Waals surface area contributed by atoms with Crippen LogP contribution in [0.15, 0.2) is 97.7 Å². The van der Waals surface area contributed by atoms with E-state index in [0.717, 1.165) is 18.2 Å². The van der Waals surface area contributed by atoms with Crippen LogP contribution >= 0.6 is 0 Å². The molecule has 4 aromatic rings. The number of phenols is 1. The van der Waals surface area contributed by atoms with Gasteiger partial charge in [0.25, 0.3) is 30.3 Å². The minimum absolute atomic E-state index is 0.0349. The van der Waals surface area contributed by atoms with E-state index in [1.807, 2.05) is 0 Å². The zero-order chi connectivity index (χ0) is 29.5. The first-order valence-electron chi connectivity index (χ1n) is 11.5. The van der Waals surface area contributed by atoms with E-state index in [2.05, 4.69) is 10.2 Å². The van der Waals surface area contributed by atoms with Gasteiger partial charge < -0.3 is 5.11 Å². The number of fused-ring (bicyclic) bond motifs is 1. The molecule has 40 heavy (non-hydrogen) atoms. The Morgan fingerprint density at radius 1 is 0.775 bits per heavy atom. The van der Waals surface area contributed by atoms with Crippen molar-refractivity contribution in [3.05, 3.63) is 78.4 Å². The van der Waals surface area contributed by atoms with Crippen molar-refractivity contribution in [3.63, 3.8) is 0 Å². The summed E-state index contributed by atoms with van der Waals surface area (Å²) in [5.74, 6) is -0.568. The number of aromatic hydroxyl groups is 1. The molecule has 0 unspecified atom stereocenters. The van der Waals surface area contributed by atoms with E-state index < -0.39 is 51.5 Å². The van der Waals surface area contributed by atoms with Gasteiger partial charge in [0.05, 0.1) is 21.2 Å². The molecule has 0 bridgehead atoms. The Morgan fingerprint density at radius 2 is 1.45 bits per heavy atom. The maximum Gasteiger partial charge on any atom is 0.295 e. The Morgan fingerprint density at radius 3 is 2.05 bits per heavy atom. The Labute approximate surface area is 230 Å². The molecule has 0 aliphatic heterocycles. The molecule has 0 atom stereocenters. The average molecular weight is 606 g/mol. The molecule has 0 saturated carbocycles. The zero-order valence-electron chi connectivity index (χ0n) is 21.0. The molecule has 4 rings (SSSR count). The van der Waals surface area contributed by atoms with Crippen molar-refractivity contribution < 1.29 is 39.5 Å². The van der Waals surface area contributed by atoms with Gasteiger partial charge in [-0.1, -0.05) is 30.3 Å². The second-order valence-electron chi connectivity index (χ2n) is 8.56. The first kappa shape index (κ1) is 29.1. The van der Waals surface area contributed by atoms with Crippen molar-refractivity contribution in [2.75, 3.05) is 10.8 Å². The number of hydrogen-bond donors (Lipinski definition) is 3. The van der Waals surface area contributed by atoms with Crippen LogP contribution in [0.4, 0.5) is 17.1 Å². The van der Waals surface area contributed by atoms with E-state index in [9.17, 15) is 39.5 Å². The lowest BCUT2D eigenvalue weighted by Gasteiger charge is -2.23. The number of azo groups is 1. The SMILES string of the molecule is CCN(c1ccccc1)S(=O)(=O)c1cc(N=Nc2c(O)ccc3cc(S(=O)(=O)O)cc(S(=O)(=O)O)c23)ccc1C. The van der Waals surface area contributed by atoms with Gasteiger partial charge in [0.2, 0.25) is 0 Å². The molecular weight excluding hydrogens is 582 g/mol. The van der Waals surface area contributed by atoms with Gasteiger partial charge in [-0.05, 0) is 67.3 Å². The van der Waals surface area contributed by atoms with Gasteiger partial charge in [-0.2, -0.15) is 21.9 Å². The van der Waals surface area contributed by atoms with Crippen LogP contribution in [0.2, 0.25) is 0 Å². The van der Waals surface area contributed by atoms with Gasteiger partial charge >= 0.3 is 0 Å². The fraction of sp³-hybridized carbons (Fsp3) is 0.120. The van der Waals surface area contributed by atoms with Crippen LogP contribution in [0.25, 0.3) is 10.8 Å². The molecule has 0 amide bonds.